The molecule has 4 aromatic heterocycles. The maximum Gasteiger partial charge on any atom is 0.356 e. The predicted octanol–water partition coefficient (Wildman–Crippen LogP) is 1.83. The number of hydrogen-bond donors (Lipinski definition) is 2. The molecule has 0 fully saturated rings. The summed E-state index contributed by atoms with van der Waals surface area (Å²) in [6.07, 6.45) is 6.50. The third kappa shape index (κ3) is 2.32. The number of hydrogen-bond acceptors (Lipinski definition) is 5. The minimum absolute atomic E-state index is 0.0687. The van der Waals surface area contributed by atoms with E-state index in [0.717, 1.165) is 0 Å². The molecule has 0 atom stereocenters. The number of pyridine rings is 1. The zero-order valence-corrected chi connectivity index (χ0v) is 12.2. The van der Waals surface area contributed by atoms with Crippen LogP contribution >= 0.6 is 0 Å². The maximum absolute atomic E-state index is 13.7. The summed E-state index contributed by atoms with van der Waals surface area (Å²) in [4.78, 5) is 19.4. The van der Waals surface area contributed by atoms with Gasteiger partial charge in [0.25, 0.3) is 0 Å². The average molecular weight is 326 g/mol. The fourth-order valence-electron chi connectivity index (χ4n) is 2.45. The Bertz CT molecular complexity index is 1070. The van der Waals surface area contributed by atoms with Gasteiger partial charge >= 0.3 is 5.97 Å². The Morgan fingerprint density at radius 1 is 1.38 bits per heavy atom. The van der Waals surface area contributed by atoms with Crippen molar-refractivity contribution in [2.24, 2.45) is 0 Å². The number of nitrogens with zero attached hydrogens (tertiary/aromatic N) is 5. The third-order valence-electron chi connectivity index (χ3n) is 3.53. The van der Waals surface area contributed by atoms with Crippen LogP contribution in [0.1, 0.15) is 16.2 Å². The van der Waals surface area contributed by atoms with Gasteiger partial charge in [0.1, 0.15) is 5.52 Å². The van der Waals surface area contributed by atoms with Gasteiger partial charge in [0.15, 0.2) is 23.0 Å². The molecule has 0 aromatic carbocycles. The van der Waals surface area contributed by atoms with Gasteiger partial charge in [-0.3, -0.25) is 0 Å². The molecule has 4 heterocycles. The molecule has 0 radical (unpaired) electrons. The Kier molecular flexibility index (Phi) is 3.12. The van der Waals surface area contributed by atoms with Gasteiger partial charge in [0, 0.05) is 30.9 Å². The lowest BCUT2D eigenvalue weighted by Gasteiger charge is -2.04. The summed E-state index contributed by atoms with van der Waals surface area (Å²) < 4.78 is 16.7. The first kappa shape index (κ1) is 14.1. The highest BCUT2D eigenvalue weighted by molar-refractivity contribution is 5.88. The van der Waals surface area contributed by atoms with Crippen molar-refractivity contribution < 1.29 is 14.3 Å². The van der Waals surface area contributed by atoms with Crippen molar-refractivity contribution in [2.75, 3.05) is 5.32 Å². The fraction of sp³-hybridized carbons (Fsp3) is 0.0667. The van der Waals surface area contributed by atoms with Gasteiger partial charge in [-0.1, -0.05) is 0 Å². The van der Waals surface area contributed by atoms with Gasteiger partial charge in [-0.05, 0) is 12.1 Å². The van der Waals surface area contributed by atoms with Gasteiger partial charge in [-0.15, -0.1) is 0 Å². The number of carboxylic acids is 1. The molecule has 24 heavy (non-hydrogen) atoms. The number of anilines is 1. The smallest absolute Gasteiger partial charge is 0.356 e. The van der Waals surface area contributed by atoms with E-state index in [9.17, 15) is 9.18 Å². The zero-order chi connectivity index (χ0) is 16.7. The first-order valence-corrected chi connectivity index (χ1v) is 7.05. The second kappa shape index (κ2) is 5.30. The molecule has 0 spiro atoms. The monoisotopic (exact) mass is 326 g/mol. The van der Waals surface area contributed by atoms with Crippen molar-refractivity contribution in [3.05, 3.63) is 60.2 Å². The van der Waals surface area contributed by atoms with Crippen LogP contribution in [0.5, 0.6) is 0 Å². The normalized spacial score (nSPS) is 11.2. The van der Waals surface area contributed by atoms with Crippen molar-refractivity contribution in [1.82, 2.24) is 24.0 Å². The summed E-state index contributed by atoms with van der Waals surface area (Å²) in [7, 11) is 0. The van der Waals surface area contributed by atoms with E-state index in [0.29, 0.717) is 23.6 Å². The number of carboxylic acid groups (broad SMARTS) is 1. The van der Waals surface area contributed by atoms with Crippen LogP contribution in [0.4, 0.5) is 10.2 Å². The molecule has 0 aliphatic carbocycles. The Morgan fingerprint density at radius 2 is 2.25 bits per heavy atom. The van der Waals surface area contributed by atoms with Crippen molar-refractivity contribution in [2.45, 2.75) is 6.54 Å². The lowest BCUT2D eigenvalue weighted by Crippen LogP contribution is -2.03. The first-order chi connectivity index (χ1) is 11.6. The summed E-state index contributed by atoms with van der Waals surface area (Å²) in [6.45, 7) is 0.307. The molecule has 0 saturated heterocycles. The Labute approximate surface area is 134 Å². The van der Waals surface area contributed by atoms with Crippen molar-refractivity contribution >= 4 is 23.0 Å². The van der Waals surface area contributed by atoms with Gasteiger partial charge in [0.2, 0.25) is 0 Å². The summed E-state index contributed by atoms with van der Waals surface area (Å²) in [5.74, 6) is -1.04. The summed E-state index contributed by atoms with van der Waals surface area (Å²) in [5, 5.41) is 16.0. The zero-order valence-electron chi connectivity index (χ0n) is 12.2. The average Bonchev–Trinajstić information content (AvgIpc) is 3.17. The van der Waals surface area contributed by atoms with Crippen LogP contribution in [-0.2, 0) is 6.54 Å². The molecule has 0 aliphatic rings. The van der Waals surface area contributed by atoms with Crippen LogP contribution in [0, 0.1) is 5.82 Å². The van der Waals surface area contributed by atoms with Gasteiger partial charge in [-0.25, -0.2) is 23.7 Å². The molecule has 8 nitrogen and oxygen atoms in total. The number of fused-ring (bicyclic) bond motifs is 2. The first-order valence-electron chi connectivity index (χ1n) is 7.05. The lowest BCUT2D eigenvalue weighted by atomic mass is 10.3. The largest absolute Gasteiger partial charge is 0.476 e. The lowest BCUT2D eigenvalue weighted by molar-refractivity contribution is 0.0690. The molecule has 4 rings (SSSR count). The molecule has 120 valence electrons. The molecule has 2 N–H and O–H groups in total. The molecular formula is C15H11FN6O2. The molecule has 0 saturated carbocycles. The number of halogens is 1. The van der Waals surface area contributed by atoms with E-state index in [4.69, 9.17) is 5.11 Å². The molecule has 0 aliphatic heterocycles. The van der Waals surface area contributed by atoms with E-state index < -0.39 is 11.8 Å². The van der Waals surface area contributed by atoms with E-state index in [1.807, 2.05) is 0 Å². The van der Waals surface area contributed by atoms with E-state index in [1.165, 1.54) is 22.8 Å². The molecular weight excluding hydrogens is 315 g/mol. The van der Waals surface area contributed by atoms with Crippen molar-refractivity contribution in [3.63, 3.8) is 0 Å². The number of aromatic nitrogens is 5. The second-order valence-electron chi connectivity index (χ2n) is 5.11. The van der Waals surface area contributed by atoms with Crippen LogP contribution < -0.4 is 5.32 Å². The quantitative estimate of drug-likeness (QED) is 0.594. The van der Waals surface area contributed by atoms with Gasteiger partial charge in [0.05, 0.1) is 12.2 Å². The van der Waals surface area contributed by atoms with E-state index in [1.54, 1.807) is 29.1 Å². The molecule has 0 amide bonds. The van der Waals surface area contributed by atoms with Crippen LogP contribution in [0.15, 0.2) is 43.0 Å². The molecule has 9 heteroatoms. The third-order valence-corrected chi connectivity index (χ3v) is 3.53. The van der Waals surface area contributed by atoms with Crippen LogP contribution in [-0.4, -0.2) is 35.1 Å². The Hall–Kier alpha value is -3.49. The van der Waals surface area contributed by atoms with Crippen molar-refractivity contribution in [1.29, 1.82) is 0 Å². The van der Waals surface area contributed by atoms with E-state index >= 15 is 0 Å². The molecule has 4 aromatic rings. The summed E-state index contributed by atoms with van der Waals surface area (Å²) in [5.41, 5.74) is 1.34. The highest BCUT2D eigenvalue weighted by Gasteiger charge is 2.12. The number of rotatable bonds is 4. The topological polar surface area (TPSA) is 96.8 Å². The fourth-order valence-corrected chi connectivity index (χ4v) is 2.45. The van der Waals surface area contributed by atoms with Gasteiger partial charge in [-0.2, -0.15) is 5.10 Å². The van der Waals surface area contributed by atoms with Crippen molar-refractivity contribution in [3.8, 4) is 0 Å². The van der Waals surface area contributed by atoms with Crippen LogP contribution in [0.2, 0.25) is 0 Å². The minimum atomic E-state index is -1.11. The predicted molar refractivity (Wildman–Crippen MR) is 82.4 cm³/mol. The summed E-state index contributed by atoms with van der Waals surface area (Å²) in [6, 6.07) is 4.38. The standard InChI is InChI=1S/C15H11FN6O2/c16-10-2-1-4-21-8-9(19-14(10)21)7-18-13-12-6-11(15(23)24)20-22(12)5-3-17-13/h1-6,8H,7H2,(H,17,18)(H,23,24). The molecule has 0 bridgehead atoms. The van der Waals surface area contributed by atoms with E-state index in [-0.39, 0.29) is 11.3 Å². The summed E-state index contributed by atoms with van der Waals surface area (Å²) >= 11 is 0. The SMILES string of the molecule is O=C(O)c1cc2c(NCc3cn4cccc(F)c4n3)nccn2n1. The number of aromatic carboxylic acids is 1. The van der Waals surface area contributed by atoms with Gasteiger partial charge < -0.3 is 14.8 Å². The number of imidazole rings is 1. The Morgan fingerprint density at radius 3 is 3.04 bits per heavy atom. The van der Waals surface area contributed by atoms with E-state index in [2.05, 4.69) is 20.4 Å². The van der Waals surface area contributed by atoms with Crippen LogP contribution in [0.25, 0.3) is 11.2 Å². The molecule has 0 unspecified atom stereocenters. The number of nitrogens with one attached hydrogen (secondary N) is 1. The number of carbonyl (C=O) groups is 1. The Balaban J connectivity index is 1.64. The maximum atomic E-state index is 13.7. The minimum Gasteiger partial charge on any atom is -0.476 e. The highest BCUT2D eigenvalue weighted by atomic mass is 19.1. The highest BCUT2D eigenvalue weighted by Crippen LogP contribution is 2.16. The van der Waals surface area contributed by atoms with Crippen LogP contribution in [0.3, 0.4) is 0 Å². The second-order valence-corrected chi connectivity index (χ2v) is 5.11.